The maximum Gasteiger partial charge on any atom is 0.0698 e. The summed E-state index contributed by atoms with van der Waals surface area (Å²) in [6, 6.07) is 8.15. The predicted molar refractivity (Wildman–Crippen MR) is 64.2 cm³/mol. The third kappa shape index (κ3) is 3.17. The van der Waals surface area contributed by atoms with Crippen LogP contribution in [0.1, 0.15) is 32.3 Å². The molecule has 1 heterocycles. The van der Waals surface area contributed by atoms with Crippen LogP contribution in [0.4, 0.5) is 5.69 Å². The second kappa shape index (κ2) is 6.14. The number of rotatable bonds is 0. The van der Waals surface area contributed by atoms with Crippen molar-refractivity contribution >= 4 is 18.0 Å². The molecule has 1 aliphatic heterocycles. The third-order valence-electron chi connectivity index (χ3n) is 1.71. The van der Waals surface area contributed by atoms with Crippen molar-refractivity contribution in [3.8, 4) is 0 Å². The second-order valence-corrected chi connectivity index (χ2v) is 3.22. The first-order chi connectivity index (χ1) is 6.88. The smallest absolute Gasteiger partial charge is 0.0698 e. The number of hydrogen-bond donors (Lipinski definition) is 0. The van der Waals surface area contributed by atoms with Gasteiger partial charge in [-0.1, -0.05) is 50.6 Å². The van der Waals surface area contributed by atoms with Crippen molar-refractivity contribution in [2.75, 3.05) is 0 Å². The van der Waals surface area contributed by atoms with Gasteiger partial charge in [-0.25, -0.2) is 0 Å². The number of para-hydroxylation sites is 1. The molecule has 0 radical (unpaired) electrons. The van der Waals surface area contributed by atoms with Crippen molar-refractivity contribution in [2.45, 2.75) is 26.7 Å². The first-order valence-corrected chi connectivity index (χ1v) is 5.16. The molecule has 0 fully saturated rings. The van der Waals surface area contributed by atoms with E-state index in [9.17, 15) is 0 Å². The lowest BCUT2D eigenvalue weighted by Gasteiger charge is -1.95. The first kappa shape index (κ1) is 10.7. The average molecular weight is 187 g/mol. The molecular formula is C13H17N. The second-order valence-electron chi connectivity index (χ2n) is 3.22. The zero-order valence-corrected chi connectivity index (χ0v) is 8.90. The molecule has 0 spiro atoms. The van der Waals surface area contributed by atoms with Crippen molar-refractivity contribution < 1.29 is 0 Å². The Morgan fingerprint density at radius 2 is 1.93 bits per heavy atom. The van der Waals surface area contributed by atoms with Gasteiger partial charge in [0, 0.05) is 12.6 Å². The molecule has 2 rings (SSSR count). The van der Waals surface area contributed by atoms with E-state index in [1.54, 1.807) is 0 Å². The van der Waals surface area contributed by atoms with E-state index in [-0.39, 0.29) is 0 Å². The van der Waals surface area contributed by atoms with E-state index in [4.69, 9.17) is 0 Å². The van der Waals surface area contributed by atoms with Crippen molar-refractivity contribution in [3.63, 3.8) is 0 Å². The lowest BCUT2D eigenvalue weighted by Crippen LogP contribution is -1.70. The Kier molecular flexibility index (Phi) is 4.70. The maximum atomic E-state index is 4.30. The SMILES string of the molecule is C1=Cc2ccccc2N=CC1.CCC. The summed E-state index contributed by atoms with van der Waals surface area (Å²) in [6.45, 7) is 4.25. The fraction of sp³-hybridized carbons (Fsp3) is 0.308. The summed E-state index contributed by atoms with van der Waals surface area (Å²) in [6.07, 6.45) is 8.36. The van der Waals surface area contributed by atoms with Gasteiger partial charge in [0.1, 0.15) is 0 Å². The monoisotopic (exact) mass is 187 g/mol. The Bertz CT molecular complexity index is 293. The van der Waals surface area contributed by atoms with Crippen LogP contribution in [0.3, 0.4) is 0 Å². The van der Waals surface area contributed by atoms with Crippen LogP contribution in [0.2, 0.25) is 0 Å². The normalized spacial score (nSPS) is 12.4. The third-order valence-corrected chi connectivity index (χ3v) is 1.71. The molecule has 0 unspecified atom stereocenters. The van der Waals surface area contributed by atoms with E-state index in [1.807, 2.05) is 24.4 Å². The Morgan fingerprint density at radius 1 is 1.21 bits per heavy atom. The summed E-state index contributed by atoms with van der Waals surface area (Å²) in [5.41, 5.74) is 2.28. The van der Waals surface area contributed by atoms with E-state index in [0.717, 1.165) is 12.1 Å². The molecule has 0 bridgehead atoms. The van der Waals surface area contributed by atoms with Crippen molar-refractivity contribution in [3.05, 3.63) is 35.9 Å². The zero-order valence-electron chi connectivity index (χ0n) is 8.90. The topological polar surface area (TPSA) is 12.4 Å². The van der Waals surface area contributed by atoms with Gasteiger partial charge in [-0.05, 0) is 11.6 Å². The molecular weight excluding hydrogens is 170 g/mol. The van der Waals surface area contributed by atoms with E-state index < -0.39 is 0 Å². The highest BCUT2D eigenvalue weighted by Crippen LogP contribution is 2.21. The zero-order chi connectivity index (χ0) is 10.2. The van der Waals surface area contributed by atoms with Crippen LogP contribution in [-0.2, 0) is 0 Å². The summed E-state index contributed by atoms with van der Waals surface area (Å²) >= 11 is 0. The lowest BCUT2D eigenvalue weighted by atomic mass is 10.2. The number of aliphatic imine (C=N–C) groups is 1. The number of allylic oxidation sites excluding steroid dienone is 1. The minimum atomic E-state index is 0.939. The van der Waals surface area contributed by atoms with E-state index in [1.165, 1.54) is 12.0 Å². The minimum Gasteiger partial charge on any atom is -0.260 e. The summed E-state index contributed by atoms with van der Waals surface area (Å²) in [5.74, 6) is 0. The Morgan fingerprint density at radius 3 is 2.71 bits per heavy atom. The van der Waals surface area contributed by atoms with Crippen molar-refractivity contribution in [1.29, 1.82) is 0 Å². The molecule has 1 aromatic rings. The van der Waals surface area contributed by atoms with Crippen LogP contribution in [0, 0.1) is 0 Å². The summed E-state index contributed by atoms with van der Waals surface area (Å²) in [5, 5.41) is 0. The lowest BCUT2D eigenvalue weighted by molar-refractivity contribution is 1.09. The van der Waals surface area contributed by atoms with Crippen LogP contribution in [0.25, 0.3) is 6.08 Å². The molecule has 1 aromatic carbocycles. The van der Waals surface area contributed by atoms with E-state index >= 15 is 0 Å². The molecule has 1 nitrogen and oxygen atoms in total. The summed E-state index contributed by atoms with van der Waals surface area (Å²) < 4.78 is 0. The fourth-order valence-corrected chi connectivity index (χ4v) is 1.15. The van der Waals surface area contributed by atoms with Crippen LogP contribution < -0.4 is 0 Å². The van der Waals surface area contributed by atoms with Gasteiger partial charge in [0.25, 0.3) is 0 Å². The van der Waals surface area contributed by atoms with Crippen LogP contribution in [0.5, 0.6) is 0 Å². The average Bonchev–Trinajstić information content (AvgIpc) is 2.43. The molecule has 74 valence electrons. The molecule has 0 aliphatic carbocycles. The molecule has 1 heteroatoms. The van der Waals surface area contributed by atoms with Gasteiger partial charge in [-0.2, -0.15) is 0 Å². The number of benzene rings is 1. The predicted octanol–water partition coefficient (Wildman–Crippen LogP) is 4.22. The molecule has 1 aliphatic rings. The van der Waals surface area contributed by atoms with Crippen LogP contribution in [0.15, 0.2) is 35.3 Å². The summed E-state index contributed by atoms with van der Waals surface area (Å²) in [7, 11) is 0. The van der Waals surface area contributed by atoms with Crippen LogP contribution >= 0.6 is 0 Å². The Labute approximate surface area is 86.2 Å². The van der Waals surface area contributed by atoms with Crippen molar-refractivity contribution in [1.82, 2.24) is 0 Å². The van der Waals surface area contributed by atoms with Gasteiger partial charge in [0.05, 0.1) is 5.69 Å². The van der Waals surface area contributed by atoms with Gasteiger partial charge in [0.2, 0.25) is 0 Å². The van der Waals surface area contributed by atoms with Gasteiger partial charge < -0.3 is 0 Å². The van der Waals surface area contributed by atoms with Crippen molar-refractivity contribution in [2.24, 2.45) is 4.99 Å². The quantitative estimate of drug-likeness (QED) is 0.576. The molecule has 14 heavy (non-hydrogen) atoms. The fourth-order valence-electron chi connectivity index (χ4n) is 1.15. The molecule has 0 atom stereocenters. The first-order valence-electron chi connectivity index (χ1n) is 5.16. The largest absolute Gasteiger partial charge is 0.260 e. The van der Waals surface area contributed by atoms with Gasteiger partial charge in [0.15, 0.2) is 0 Å². The van der Waals surface area contributed by atoms with Gasteiger partial charge in [-0.15, -0.1) is 0 Å². The molecule has 0 aromatic heterocycles. The molecule has 0 saturated carbocycles. The van der Waals surface area contributed by atoms with E-state index in [0.29, 0.717) is 0 Å². The Balaban J connectivity index is 0.000000293. The molecule has 0 N–H and O–H groups in total. The number of hydrogen-bond acceptors (Lipinski definition) is 1. The standard InChI is InChI=1S/C10H9N.C3H8/c1-2-7-10-9(5-1)6-3-4-8-11-10;1-3-2/h1-3,5-8H,4H2;3H2,1-2H3. The highest BCUT2D eigenvalue weighted by atomic mass is 14.7. The van der Waals surface area contributed by atoms with E-state index in [2.05, 4.69) is 37.1 Å². The molecule has 0 saturated heterocycles. The van der Waals surface area contributed by atoms with Gasteiger partial charge >= 0.3 is 0 Å². The highest BCUT2D eigenvalue weighted by molar-refractivity contribution is 5.75. The van der Waals surface area contributed by atoms with Gasteiger partial charge in [-0.3, -0.25) is 4.99 Å². The maximum absolute atomic E-state index is 4.30. The Hall–Kier alpha value is -1.37. The van der Waals surface area contributed by atoms with Crippen LogP contribution in [-0.4, -0.2) is 6.21 Å². The minimum absolute atomic E-state index is 0.939. The highest BCUT2D eigenvalue weighted by Gasteiger charge is 1.96. The number of nitrogens with zero attached hydrogens (tertiary/aromatic N) is 1. The number of fused-ring (bicyclic) bond motifs is 1. The molecule has 0 amide bonds. The summed E-state index contributed by atoms with van der Waals surface area (Å²) in [4.78, 5) is 4.30.